The highest BCUT2D eigenvalue weighted by molar-refractivity contribution is 7.90. The highest BCUT2D eigenvalue weighted by atomic mass is 32.2. The molecule has 2 aromatic rings. The van der Waals surface area contributed by atoms with Gasteiger partial charge in [-0.2, -0.15) is 18.2 Å². The van der Waals surface area contributed by atoms with Crippen LogP contribution in [0.15, 0.2) is 48.5 Å². The summed E-state index contributed by atoms with van der Waals surface area (Å²) in [5, 5.41) is 0.544. The van der Waals surface area contributed by atoms with E-state index in [4.69, 9.17) is 9.57 Å². The van der Waals surface area contributed by atoms with E-state index in [-0.39, 0.29) is 18.7 Å². The standard InChI is InChI=1S/C19H21F3N2O4S/c1-24-18(14-6-8-16(27-2)9-7-14)17(12-28-24)29(25,26)23-11-13-4-3-5-15(10-13)19(20,21)22/h3-10,17-18,23H,11-12H2,1-2H3. The van der Waals surface area contributed by atoms with Crippen LogP contribution in [0.25, 0.3) is 0 Å². The van der Waals surface area contributed by atoms with Crippen LogP contribution >= 0.6 is 0 Å². The fraction of sp³-hybridized carbons (Fsp3) is 0.368. The molecular weight excluding hydrogens is 409 g/mol. The van der Waals surface area contributed by atoms with Gasteiger partial charge in [-0.15, -0.1) is 0 Å². The number of nitrogens with zero attached hydrogens (tertiary/aromatic N) is 1. The Morgan fingerprint density at radius 3 is 2.52 bits per heavy atom. The van der Waals surface area contributed by atoms with Crippen molar-refractivity contribution in [1.29, 1.82) is 0 Å². The molecule has 1 N–H and O–H groups in total. The average Bonchev–Trinajstić information content (AvgIpc) is 3.08. The van der Waals surface area contributed by atoms with Crippen LogP contribution in [0.2, 0.25) is 0 Å². The van der Waals surface area contributed by atoms with Crippen LogP contribution in [0.3, 0.4) is 0 Å². The highest BCUT2D eigenvalue weighted by Crippen LogP contribution is 2.34. The molecule has 2 unspecified atom stereocenters. The van der Waals surface area contributed by atoms with E-state index in [0.29, 0.717) is 5.75 Å². The van der Waals surface area contributed by atoms with Gasteiger partial charge in [-0.25, -0.2) is 13.1 Å². The number of halogens is 3. The topological polar surface area (TPSA) is 67.9 Å². The van der Waals surface area contributed by atoms with Gasteiger partial charge in [0.2, 0.25) is 10.0 Å². The minimum Gasteiger partial charge on any atom is -0.497 e. The van der Waals surface area contributed by atoms with Crippen LogP contribution in [0, 0.1) is 0 Å². The van der Waals surface area contributed by atoms with Crippen molar-refractivity contribution >= 4 is 10.0 Å². The van der Waals surface area contributed by atoms with E-state index in [1.54, 1.807) is 31.3 Å². The molecule has 0 saturated carbocycles. The fourth-order valence-electron chi connectivity index (χ4n) is 3.23. The number of ether oxygens (including phenoxy) is 1. The van der Waals surface area contributed by atoms with Crippen molar-refractivity contribution in [3.8, 4) is 5.75 Å². The predicted octanol–water partition coefficient (Wildman–Crippen LogP) is 3.12. The normalized spacial score (nSPS) is 20.7. The number of hydroxylamine groups is 2. The second-order valence-electron chi connectivity index (χ2n) is 6.66. The third-order valence-electron chi connectivity index (χ3n) is 4.77. The van der Waals surface area contributed by atoms with Gasteiger partial charge in [-0.3, -0.25) is 4.84 Å². The molecule has 0 aliphatic carbocycles. The molecule has 0 bridgehead atoms. The number of methoxy groups -OCH3 is 1. The lowest BCUT2D eigenvalue weighted by atomic mass is 10.0. The van der Waals surface area contributed by atoms with E-state index in [1.165, 1.54) is 24.3 Å². The maximum Gasteiger partial charge on any atom is 0.416 e. The molecule has 2 atom stereocenters. The Bertz CT molecular complexity index is 949. The van der Waals surface area contributed by atoms with E-state index in [2.05, 4.69) is 4.72 Å². The molecule has 0 spiro atoms. The lowest BCUT2D eigenvalue weighted by Crippen LogP contribution is -2.39. The number of rotatable bonds is 6. The van der Waals surface area contributed by atoms with Crippen molar-refractivity contribution in [3.05, 3.63) is 65.2 Å². The zero-order chi connectivity index (χ0) is 21.2. The molecule has 1 aliphatic rings. The van der Waals surface area contributed by atoms with Crippen molar-refractivity contribution < 1.29 is 31.2 Å². The summed E-state index contributed by atoms with van der Waals surface area (Å²) < 4.78 is 71.8. The number of alkyl halides is 3. The second kappa shape index (κ2) is 8.31. The summed E-state index contributed by atoms with van der Waals surface area (Å²) >= 11 is 0. The molecule has 1 heterocycles. The molecule has 6 nitrogen and oxygen atoms in total. The van der Waals surface area contributed by atoms with E-state index in [1.807, 2.05) is 0 Å². The van der Waals surface area contributed by atoms with Gasteiger partial charge in [-0.05, 0) is 29.3 Å². The zero-order valence-corrected chi connectivity index (χ0v) is 16.6. The summed E-state index contributed by atoms with van der Waals surface area (Å²) in [6, 6.07) is 10.9. The first-order valence-corrected chi connectivity index (χ1v) is 10.3. The van der Waals surface area contributed by atoms with Gasteiger partial charge in [0.05, 0.1) is 25.3 Å². The van der Waals surface area contributed by atoms with E-state index in [0.717, 1.165) is 17.7 Å². The molecule has 0 aromatic heterocycles. The summed E-state index contributed by atoms with van der Waals surface area (Å²) in [6.45, 7) is -0.313. The van der Waals surface area contributed by atoms with Crippen LogP contribution in [0.1, 0.15) is 22.7 Å². The van der Waals surface area contributed by atoms with Crippen LogP contribution in [0.5, 0.6) is 5.75 Å². The summed E-state index contributed by atoms with van der Waals surface area (Å²) in [4.78, 5) is 5.43. The van der Waals surface area contributed by atoms with Crippen LogP contribution < -0.4 is 9.46 Å². The molecule has 29 heavy (non-hydrogen) atoms. The highest BCUT2D eigenvalue weighted by Gasteiger charge is 2.43. The molecule has 0 amide bonds. The van der Waals surface area contributed by atoms with Gasteiger partial charge in [0, 0.05) is 13.6 Å². The largest absolute Gasteiger partial charge is 0.497 e. The first kappa shape index (κ1) is 21.6. The predicted molar refractivity (Wildman–Crippen MR) is 100 cm³/mol. The molecule has 1 saturated heterocycles. The van der Waals surface area contributed by atoms with Crippen molar-refractivity contribution in [2.45, 2.75) is 24.0 Å². The minimum absolute atomic E-state index is 0.0644. The van der Waals surface area contributed by atoms with Crippen LogP contribution in [-0.2, 0) is 27.6 Å². The van der Waals surface area contributed by atoms with E-state index in [9.17, 15) is 21.6 Å². The lowest BCUT2D eigenvalue weighted by Gasteiger charge is -2.23. The fourth-order valence-corrected chi connectivity index (χ4v) is 4.72. The Morgan fingerprint density at radius 2 is 1.90 bits per heavy atom. The van der Waals surface area contributed by atoms with Crippen molar-refractivity contribution in [3.63, 3.8) is 0 Å². The van der Waals surface area contributed by atoms with Crippen molar-refractivity contribution in [2.75, 3.05) is 20.8 Å². The van der Waals surface area contributed by atoms with Crippen LogP contribution in [-0.4, -0.2) is 39.5 Å². The summed E-state index contributed by atoms with van der Waals surface area (Å²) in [5.41, 5.74) is 0.117. The molecule has 3 rings (SSSR count). The number of benzene rings is 2. The van der Waals surface area contributed by atoms with Gasteiger partial charge in [0.15, 0.2) is 0 Å². The maximum atomic E-state index is 12.9. The number of hydrogen-bond acceptors (Lipinski definition) is 5. The lowest BCUT2D eigenvalue weighted by molar-refractivity contribution is -0.137. The van der Waals surface area contributed by atoms with Gasteiger partial charge < -0.3 is 4.74 Å². The molecule has 10 heteroatoms. The summed E-state index contributed by atoms with van der Waals surface area (Å²) in [6.07, 6.45) is -4.49. The van der Waals surface area contributed by atoms with Gasteiger partial charge >= 0.3 is 6.18 Å². The third kappa shape index (κ3) is 4.89. The molecule has 2 aromatic carbocycles. The van der Waals surface area contributed by atoms with Crippen LogP contribution in [0.4, 0.5) is 13.2 Å². The Hall–Kier alpha value is -2.14. The Morgan fingerprint density at radius 1 is 1.21 bits per heavy atom. The molecule has 1 fully saturated rings. The van der Waals surface area contributed by atoms with E-state index >= 15 is 0 Å². The number of nitrogens with one attached hydrogen (secondary N) is 1. The smallest absolute Gasteiger partial charge is 0.416 e. The monoisotopic (exact) mass is 430 g/mol. The zero-order valence-electron chi connectivity index (χ0n) is 15.8. The van der Waals surface area contributed by atoms with Gasteiger partial charge in [0.1, 0.15) is 11.0 Å². The first-order chi connectivity index (χ1) is 13.6. The van der Waals surface area contributed by atoms with Gasteiger partial charge in [0.25, 0.3) is 0 Å². The number of hydrogen-bond donors (Lipinski definition) is 1. The molecule has 0 radical (unpaired) electrons. The molecular formula is C19H21F3N2O4S. The average molecular weight is 430 g/mol. The van der Waals surface area contributed by atoms with E-state index < -0.39 is 33.1 Å². The minimum atomic E-state index is -4.49. The number of sulfonamides is 1. The SMILES string of the molecule is COc1ccc(C2C(S(=O)(=O)NCc3cccc(C(F)(F)F)c3)CON2C)cc1. The maximum absolute atomic E-state index is 12.9. The molecule has 1 aliphatic heterocycles. The molecule has 158 valence electrons. The first-order valence-electron chi connectivity index (χ1n) is 8.76. The third-order valence-corrected chi connectivity index (χ3v) is 6.51. The quantitative estimate of drug-likeness (QED) is 0.763. The Labute approximate surface area is 167 Å². The second-order valence-corrected chi connectivity index (χ2v) is 8.65. The summed E-state index contributed by atoms with van der Waals surface area (Å²) in [7, 11) is -0.713. The van der Waals surface area contributed by atoms with Crippen molar-refractivity contribution in [1.82, 2.24) is 9.79 Å². The Kier molecular flexibility index (Phi) is 6.18. The Balaban J connectivity index is 1.77. The summed E-state index contributed by atoms with van der Waals surface area (Å²) in [5.74, 6) is 0.636. The van der Waals surface area contributed by atoms with Gasteiger partial charge in [-0.1, -0.05) is 30.3 Å². The van der Waals surface area contributed by atoms with Crippen molar-refractivity contribution in [2.24, 2.45) is 0 Å².